The van der Waals surface area contributed by atoms with Gasteiger partial charge in [-0.3, -0.25) is 0 Å². The summed E-state index contributed by atoms with van der Waals surface area (Å²) in [5, 5.41) is 3.01. The maximum atomic E-state index is 13.6. The van der Waals surface area contributed by atoms with Gasteiger partial charge in [0.1, 0.15) is 0 Å². The van der Waals surface area contributed by atoms with Gasteiger partial charge >= 0.3 is 0 Å². The van der Waals surface area contributed by atoms with Gasteiger partial charge in [0.05, 0.1) is 10.4 Å². The molecule has 2 aromatic rings. The van der Waals surface area contributed by atoms with E-state index in [1.165, 1.54) is 17.4 Å². The van der Waals surface area contributed by atoms with Crippen molar-refractivity contribution in [2.75, 3.05) is 5.32 Å². The van der Waals surface area contributed by atoms with Crippen molar-refractivity contribution < 1.29 is 4.39 Å². The van der Waals surface area contributed by atoms with Gasteiger partial charge in [0.2, 0.25) is 0 Å². The first-order chi connectivity index (χ1) is 8.06. The molecule has 0 bridgehead atoms. The minimum Gasteiger partial charge on any atom is -0.360 e. The molecule has 1 N–H and O–H groups in total. The smallest absolute Gasteiger partial charge is 0.166 e. The molecule has 0 saturated carbocycles. The van der Waals surface area contributed by atoms with Crippen molar-refractivity contribution in [2.45, 2.75) is 13.0 Å². The van der Waals surface area contributed by atoms with Crippen LogP contribution in [-0.2, 0) is 0 Å². The van der Waals surface area contributed by atoms with Gasteiger partial charge in [0.25, 0.3) is 0 Å². The third-order valence-corrected chi connectivity index (χ3v) is 4.03. The number of anilines is 1. The average Bonchev–Trinajstić information content (AvgIpc) is 2.69. The third-order valence-electron chi connectivity index (χ3n) is 2.18. The van der Waals surface area contributed by atoms with Crippen LogP contribution < -0.4 is 5.32 Å². The van der Waals surface area contributed by atoms with Crippen LogP contribution in [0.5, 0.6) is 0 Å². The van der Waals surface area contributed by atoms with Crippen LogP contribution in [0.2, 0.25) is 4.34 Å². The molecule has 0 amide bonds. The predicted molar refractivity (Wildman–Crippen MR) is 73.3 cm³/mol. The fourth-order valence-electron chi connectivity index (χ4n) is 1.36. The fraction of sp³-hybridized carbons (Fsp3) is 0.182. The molecular weight excluding hydrogens is 327 g/mol. The summed E-state index contributed by atoms with van der Waals surface area (Å²) in [5.41, 5.74) is 0. The Bertz CT molecular complexity index is 532. The maximum absolute atomic E-state index is 13.6. The van der Waals surface area contributed by atoms with E-state index < -0.39 is 0 Å². The Kier molecular flexibility index (Phi) is 4.01. The lowest BCUT2D eigenvalue weighted by atomic mass is 10.2. The topological polar surface area (TPSA) is 24.9 Å². The van der Waals surface area contributed by atoms with Gasteiger partial charge in [-0.15, -0.1) is 11.3 Å². The van der Waals surface area contributed by atoms with Crippen molar-refractivity contribution in [3.05, 3.63) is 43.9 Å². The molecule has 0 spiro atoms. The van der Waals surface area contributed by atoms with E-state index in [1.807, 2.05) is 19.1 Å². The lowest BCUT2D eigenvalue weighted by molar-refractivity contribution is 0.620. The van der Waals surface area contributed by atoms with E-state index in [0.29, 0.717) is 4.47 Å². The highest BCUT2D eigenvalue weighted by Crippen LogP contribution is 2.29. The van der Waals surface area contributed by atoms with Gasteiger partial charge < -0.3 is 5.32 Å². The molecule has 0 aliphatic rings. The van der Waals surface area contributed by atoms with E-state index >= 15 is 0 Å². The molecule has 0 fully saturated rings. The predicted octanol–water partition coefficient (Wildman–Crippen LogP) is 4.87. The average molecular weight is 336 g/mol. The molecule has 2 nitrogen and oxygen atoms in total. The number of thiophene rings is 1. The van der Waals surface area contributed by atoms with Crippen molar-refractivity contribution in [1.82, 2.24) is 4.98 Å². The van der Waals surface area contributed by atoms with E-state index in [4.69, 9.17) is 11.6 Å². The van der Waals surface area contributed by atoms with E-state index in [9.17, 15) is 4.39 Å². The van der Waals surface area contributed by atoms with Gasteiger partial charge in [-0.2, -0.15) is 0 Å². The van der Waals surface area contributed by atoms with E-state index in [1.54, 1.807) is 6.20 Å². The number of hydrogen-bond donors (Lipinski definition) is 1. The number of nitrogens with zero attached hydrogens (tertiary/aromatic N) is 1. The Morgan fingerprint density at radius 3 is 2.88 bits per heavy atom. The lowest BCUT2D eigenvalue weighted by Crippen LogP contribution is -2.08. The second-order valence-corrected chi connectivity index (χ2v) is 6.15. The SMILES string of the molecule is CC(Nc1ncc(Br)cc1F)c1ccc(Cl)s1. The third kappa shape index (κ3) is 3.18. The van der Waals surface area contributed by atoms with Crippen molar-refractivity contribution in [3.8, 4) is 0 Å². The van der Waals surface area contributed by atoms with Gasteiger partial charge in [-0.1, -0.05) is 11.6 Å². The molecule has 0 radical (unpaired) electrons. The van der Waals surface area contributed by atoms with E-state index in [2.05, 4.69) is 26.2 Å². The molecule has 17 heavy (non-hydrogen) atoms. The highest BCUT2D eigenvalue weighted by Gasteiger charge is 2.11. The molecule has 2 rings (SSSR count). The van der Waals surface area contributed by atoms with Crippen LogP contribution >= 0.6 is 38.9 Å². The summed E-state index contributed by atoms with van der Waals surface area (Å²) in [7, 11) is 0. The number of hydrogen-bond acceptors (Lipinski definition) is 3. The quantitative estimate of drug-likeness (QED) is 0.865. The zero-order valence-corrected chi connectivity index (χ0v) is 12.0. The number of nitrogens with one attached hydrogen (secondary N) is 1. The highest BCUT2D eigenvalue weighted by atomic mass is 79.9. The van der Waals surface area contributed by atoms with Gasteiger partial charge in [0, 0.05) is 15.5 Å². The Labute approximate surface area is 116 Å². The normalized spacial score (nSPS) is 12.5. The number of rotatable bonds is 3. The van der Waals surface area contributed by atoms with Crippen molar-refractivity contribution >= 4 is 44.7 Å². The van der Waals surface area contributed by atoms with Crippen LogP contribution in [0, 0.1) is 5.82 Å². The van der Waals surface area contributed by atoms with Crippen molar-refractivity contribution in [2.24, 2.45) is 0 Å². The summed E-state index contributed by atoms with van der Waals surface area (Å²) in [6.07, 6.45) is 1.56. The van der Waals surface area contributed by atoms with Gasteiger partial charge in [-0.25, -0.2) is 9.37 Å². The molecule has 0 aliphatic heterocycles. The second-order valence-electron chi connectivity index (χ2n) is 3.49. The first kappa shape index (κ1) is 12.8. The van der Waals surface area contributed by atoms with Crippen LogP contribution in [0.15, 0.2) is 28.9 Å². The Morgan fingerprint density at radius 1 is 1.53 bits per heavy atom. The van der Waals surface area contributed by atoms with Gasteiger partial charge in [0.15, 0.2) is 11.6 Å². The standard InChI is InChI=1S/C11H9BrClFN2S/c1-6(9-2-3-10(13)17-9)16-11-8(14)4-7(12)5-15-11/h2-6H,1H3,(H,15,16). The molecular formula is C11H9BrClFN2S. The minimum atomic E-state index is -0.381. The monoisotopic (exact) mass is 334 g/mol. The highest BCUT2D eigenvalue weighted by molar-refractivity contribution is 9.10. The number of aromatic nitrogens is 1. The Morgan fingerprint density at radius 2 is 2.29 bits per heavy atom. The van der Waals surface area contributed by atoms with Crippen LogP contribution in [0.3, 0.4) is 0 Å². The summed E-state index contributed by atoms with van der Waals surface area (Å²) >= 11 is 10.5. The summed E-state index contributed by atoms with van der Waals surface area (Å²) in [4.78, 5) is 5.03. The van der Waals surface area contributed by atoms with E-state index in [-0.39, 0.29) is 17.7 Å². The Hall–Kier alpha value is -0.650. The van der Waals surface area contributed by atoms with Crippen molar-refractivity contribution in [1.29, 1.82) is 0 Å². The largest absolute Gasteiger partial charge is 0.360 e. The first-order valence-corrected chi connectivity index (χ1v) is 6.88. The summed E-state index contributed by atoms with van der Waals surface area (Å²) in [6.45, 7) is 1.94. The first-order valence-electron chi connectivity index (χ1n) is 4.89. The summed E-state index contributed by atoms with van der Waals surface area (Å²) in [5.74, 6) is -0.140. The maximum Gasteiger partial charge on any atom is 0.166 e. The molecule has 1 unspecified atom stereocenters. The van der Waals surface area contributed by atoms with Gasteiger partial charge in [-0.05, 0) is 41.1 Å². The lowest BCUT2D eigenvalue weighted by Gasteiger charge is -2.13. The molecule has 0 aliphatic carbocycles. The number of pyridine rings is 1. The zero-order valence-electron chi connectivity index (χ0n) is 8.88. The van der Waals surface area contributed by atoms with E-state index in [0.717, 1.165) is 9.21 Å². The molecule has 6 heteroatoms. The van der Waals surface area contributed by atoms with Crippen LogP contribution in [0.4, 0.5) is 10.2 Å². The van der Waals surface area contributed by atoms with Crippen LogP contribution in [-0.4, -0.2) is 4.98 Å². The fourth-order valence-corrected chi connectivity index (χ4v) is 2.72. The summed E-state index contributed by atoms with van der Waals surface area (Å²) < 4.78 is 14.9. The Balaban J connectivity index is 2.15. The minimum absolute atomic E-state index is 0.0318. The molecule has 90 valence electrons. The van der Waals surface area contributed by atoms with Crippen LogP contribution in [0.25, 0.3) is 0 Å². The number of halogens is 3. The molecule has 2 heterocycles. The van der Waals surface area contributed by atoms with Crippen molar-refractivity contribution in [3.63, 3.8) is 0 Å². The zero-order chi connectivity index (χ0) is 12.4. The molecule has 0 aromatic carbocycles. The van der Waals surface area contributed by atoms with Crippen LogP contribution in [0.1, 0.15) is 17.8 Å². The molecule has 0 saturated heterocycles. The molecule has 1 atom stereocenters. The summed E-state index contributed by atoms with van der Waals surface area (Å²) in [6, 6.07) is 5.09. The second kappa shape index (κ2) is 5.33. The molecule has 2 aromatic heterocycles.